The van der Waals surface area contributed by atoms with Crippen molar-refractivity contribution in [1.82, 2.24) is 10.1 Å². The largest absolute Gasteiger partial charge is 0.493 e. The zero-order valence-corrected chi connectivity index (χ0v) is 14.8. The van der Waals surface area contributed by atoms with Crippen LogP contribution in [-0.4, -0.2) is 24.4 Å². The van der Waals surface area contributed by atoms with Gasteiger partial charge in [0.25, 0.3) is 5.89 Å². The van der Waals surface area contributed by atoms with Gasteiger partial charge in [0, 0.05) is 5.56 Å². The first-order chi connectivity index (χ1) is 12.1. The lowest BCUT2D eigenvalue weighted by molar-refractivity contribution is 0.243. The van der Waals surface area contributed by atoms with Crippen molar-refractivity contribution in [2.75, 3.05) is 14.2 Å². The molecule has 0 spiro atoms. The fourth-order valence-electron chi connectivity index (χ4n) is 2.27. The Labute approximate surface area is 150 Å². The summed E-state index contributed by atoms with van der Waals surface area (Å²) in [6, 6.07) is 11.0. The zero-order valence-electron chi connectivity index (χ0n) is 14.1. The first-order valence-electron chi connectivity index (χ1n) is 7.54. The minimum Gasteiger partial charge on any atom is -0.493 e. The minimum atomic E-state index is 0.128. The molecule has 0 radical (unpaired) electrons. The fraction of sp³-hybridized carbons (Fsp3) is 0.222. The van der Waals surface area contributed by atoms with Crippen molar-refractivity contribution in [1.29, 1.82) is 0 Å². The van der Waals surface area contributed by atoms with Gasteiger partial charge in [-0.25, -0.2) is 0 Å². The van der Waals surface area contributed by atoms with Crippen LogP contribution in [0.4, 0.5) is 0 Å². The Kier molecular flexibility index (Phi) is 5.09. The summed E-state index contributed by atoms with van der Waals surface area (Å²) in [7, 11) is 3.15. The van der Waals surface area contributed by atoms with Gasteiger partial charge in [-0.1, -0.05) is 22.8 Å². The van der Waals surface area contributed by atoms with Gasteiger partial charge in [0.2, 0.25) is 5.82 Å². The first kappa shape index (κ1) is 17.1. The summed E-state index contributed by atoms with van der Waals surface area (Å²) >= 11 is 6.11. The Morgan fingerprint density at radius 2 is 1.80 bits per heavy atom. The Morgan fingerprint density at radius 1 is 1.00 bits per heavy atom. The number of benzene rings is 2. The maximum atomic E-state index is 6.11. The number of ether oxygens (including phenoxy) is 3. The highest BCUT2D eigenvalue weighted by atomic mass is 35.5. The second-order valence-corrected chi connectivity index (χ2v) is 5.71. The molecule has 0 bridgehead atoms. The molecular formula is C18H17ClN2O4. The lowest BCUT2D eigenvalue weighted by Crippen LogP contribution is -1.97. The third kappa shape index (κ3) is 3.85. The number of halogens is 1. The minimum absolute atomic E-state index is 0.128. The first-order valence-corrected chi connectivity index (χ1v) is 7.92. The second kappa shape index (κ2) is 7.44. The Bertz CT molecular complexity index is 879. The van der Waals surface area contributed by atoms with Crippen molar-refractivity contribution < 1.29 is 18.7 Å². The lowest BCUT2D eigenvalue weighted by Gasteiger charge is -2.07. The molecule has 0 aliphatic heterocycles. The highest BCUT2D eigenvalue weighted by Crippen LogP contribution is 2.31. The summed E-state index contributed by atoms with van der Waals surface area (Å²) in [5, 5.41) is 4.51. The van der Waals surface area contributed by atoms with E-state index in [4.69, 9.17) is 30.3 Å². The topological polar surface area (TPSA) is 66.6 Å². The fourth-order valence-corrected chi connectivity index (χ4v) is 2.44. The van der Waals surface area contributed by atoms with E-state index in [0.717, 1.165) is 11.1 Å². The summed E-state index contributed by atoms with van der Waals surface area (Å²) in [4.78, 5) is 4.34. The van der Waals surface area contributed by atoms with Gasteiger partial charge >= 0.3 is 0 Å². The highest BCUT2D eigenvalue weighted by Gasteiger charge is 2.13. The molecule has 0 N–H and O–H groups in total. The summed E-state index contributed by atoms with van der Waals surface area (Å²) in [5.74, 6) is 2.59. The summed E-state index contributed by atoms with van der Waals surface area (Å²) in [5.41, 5.74) is 1.80. The molecule has 7 heteroatoms. The van der Waals surface area contributed by atoms with Gasteiger partial charge in [-0.3, -0.25) is 0 Å². The Morgan fingerprint density at radius 3 is 2.56 bits per heavy atom. The molecule has 0 saturated carbocycles. The van der Waals surface area contributed by atoms with Crippen molar-refractivity contribution in [3.05, 3.63) is 52.9 Å². The van der Waals surface area contributed by atoms with Gasteiger partial charge in [-0.2, -0.15) is 4.98 Å². The summed E-state index contributed by atoms with van der Waals surface area (Å²) in [6.07, 6.45) is 0. The summed E-state index contributed by atoms with van der Waals surface area (Å²) < 4.78 is 21.4. The lowest BCUT2D eigenvalue weighted by atomic mass is 10.2. The predicted octanol–water partition coefficient (Wildman–Crippen LogP) is 4.29. The molecule has 130 valence electrons. The van der Waals surface area contributed by atoms with Crippen LogP contribution in [0.25, 0.3) is 11.4 Å². The van der Waals surface area contributed by atoms with Crippen LogP contribution in [0, 0.1) is 6.92 Å². The molecule has 0 amide bonds. The number of rotatable bonds is 6. The van der Waals surface area contributed by atoms with Crippen molar-refractivity contribution >= 4 is 11.6 Å². The molecule has 0 fully saturated rings. The Hall–Kier alpha value is -2.73. The van der Waals surface area contributed by atoms with E-state index in [-0.39, 0.29) is 6.61 Å². The molecule has 3 rings (SSSR count). The van der Waals surface area contributed by atoms with Crippen LogP contribution in [0.15, 0.2) is 40.9 Å². The molecule has 2 aromatic carbocycles. The van der Waals surface area contributed by atoms with Crippen LogP contribution < -0.4 is 14.2 Å². The van der Waals surface area contributed by atoms with Gasteiger partial charge in [0.15, 0.2) is 18.1 Å². The van der Waals surface area contributed by atoms with Crippen molar-refractivity contribution in [2.24, 2.45) is 0 Å². The number of hydrogen-bond acceptors (Lipinski definition) is 6. The predicted molar refractivity (Wildman–Crippen MR) is 93.4 cm³/mol. The van der Waals surface area contributed by atoms with Gasteiger partial charge < -0.3 is 18.7 Å². The van der Waals surface area contributed by atoms with Gasteiger partial charge in [0.1, 0.15) is 5.75 Å². The maximum absolute atomic E-state index is 6.11. The molecule has 0 unspecified atom stereocenters. The van der Waals surface area contributed by atoms with Crippen LogP contribution in [0.2, 0.25) is 5.02 Å². The molecule has 0 aliphatic carbocycles. The van der Waals surface area contributed by atoms with Crippen LogP contribution in [0.5, 0.6) is 17.2 Å². The van der Waals surface area contributed by atoms with E-state index in [9.17, 15) is 0 Å². The molecule has 1 aromatic heterocycles. The van der Waals surface area contributed by atoms with Gasteiger partial charge in [0.05, 0.1) is 19.2 Å². The van der Waals surface area contributed by atoms with E-state index in [1.54, 1.807) is 32.4 Å². The van der Waals surface area contributed by atoms with E-state index in [2.05, 4.69) is 10.1 Å². The van der Waals surface area contributed by atoms with Crippen LogP contribution in [-0.2, 0) is 6.61 Å². The number of hydrogen-bond donors (Lipinski definition) is 0. The molecule has 0 saturated heterocycles. The van der Waals surface area contributed by atoms with E-state index < -0.39 is 0 Å². The summed E-state index contributed by atoms with van der Waals surface area (Å²) in [6.45, 7) is 2.09. The normalized spacial score (nSPS) is 10.6. The van der Waals surface area contributed by atoms with Crippen molar-refractivity contribution in [3.8, 4) is 28.6 Å². The molecular weight excluding hydrogens is 344 g/mol. The monoisotopic (exact) mass is 360 g/mol. The molecule has 1 heterocycles. The van der Waals surface area contributed by atoms with Gasteiger partial charge in [-0.15, -0.1) is 0 Å². The number of aromatic nitrogens is 2. The third-order valence-electron chi connectivity index (χ3n) is 3.55. The van der Waals surface area contributed by atoms with Crippen LogP contribution in [0.3, 0.4) is 0 Å². The number of methoxy groups -OCH3 is 2. The molecule has 0 aliphatic rings. The average Bonchev–Trinajstić information content (AvgIpc) is 3.11. The molecule has 0 atom stereocenters. The smallest absolute Gasteiger partial charge is 0.264 e. The number of aryl methyl sites for hydroxylation is 1. The Balaban J connectivity index is 1.75. The second-order valence-electron chi connectivity index (χ2n) is 5.30. The van der Waals surface area contributed by atoms with E-state index in [1.165, 1.54) is 0 Å². The van der Waals surface area contributed by atoms with E-state index in [0.29, 0.717) is 34.0 Å². The molecule has 6 nitrogen and oxygen atoms in total. The maximum Gasteiger partial charge on any atom is 0.264 e. The van der Waals surface area contributed by atoms with Gasteiger partial charge in [-0.05, 0) is 42.8 Å². The van der Waals surface area contributed by atoms with Crippen molar-refractivity contribution in [2.45, 2.75) is 13.5 Å². The van der Waals surface area contributed by atoms with E-state index in [1.807, 2.05) is 25.1 Å². The third-order valence-corrected chi connectivity index (χ3v) is 3.86. The quantitative estimate of drug-likeness (QED) is 0.653. The SMILES string of the molecule is COc1ccc(-c2noc(COc3cc(C)ccc3Cl)n2)cc1OC. The molecule has 25 heavy (non-hydrogen) atoms. The standard InChI is InChI=1S/C18H17ClN2O4/c1-11-4-6-13(19)15(8-11)24-10-17-20-18(21-25-17)12-5-7-14(22-2)16(9-12)23-3/h4-9H,10H2,1-3H3. The van der Waals surface area contributed by atoms with E-state index >= 15 is 0 Å². The average molecular weight is 361 g/mol. The number of nitrogens with zero attached hydrogens (tertiary/aromatic N) is 2. The highest BCUT2D eigenvalue weighted by molar-refractivity contribution is 6.32. The molecule has 3 aromatic rings. The zero-order chi connectivity index (χ0) is 17.8. The van der Waals surface area contributed by atoms with Crippen LogP contribution >= 0.6 is 11.6 Å². The van der Waals surface area contributed by atoms with Crippen molar-refractivity contribution in [3.63, 3.8) is 0 Å². The van der Waals surface area contributed by atoms with Crippen LogP contribution in [0.1, 0.15) is 11.5 Å².